The van der Waals surface area contributed by atoms with Crippen molar-refractivity contribution in [3.05, 3.63) is 0 Å². The van der Waals surface area contributed by atoms with E-state index in [1.54, 1.807) is 0 Å². The van der Waals surface area contributed by atoms with Crippen LogP contribution in [0.3, 0.4) is 0 Å². The van der Waals surface area contributed by atoms with Gasteiger partial charge in [0, 0.05) is 19.6 Å². The van der Waals surface area contributed by atoms with E-state index in [2.05, 4.69) is 29.0 Å². The van der Waals surface area contributed by atoms with Crippen molar-refractivity contribution in [2.24, 2.45) is 5.92 Å². The second-order valence-corrected chi connectivity index (χ2v) is 5.57. The molecular weight excluding hydrogens is 262 g/mol. The van der Waals surface area contributed by atoms with Gasteiger partial charge in [-0.05, 0) is 44.8 Å². The van der Waals surface area contributed by atoms with Crippen LogP contribution in [0, 0.1) is 5.92 Å². The summed E-state index contributed by atoms with van der Waals surface area (Å²) >= 11 is 0. The number of likely N-dealkylation sites (tertiary alicyclic amines) is 1. The van der Waals surface area contributed by atoms with Crippen LogP contribution in [0.4, 0.5) is 0 Å². The third kappa shape index (κ3) is 4.33. The van der Waals surface area contributed by atoms with Crippen LogP contribution in [0.25, 0.3) is 0 Å². The first-order valence-corrected chi connectivity index (χ1v) is 7.49. The molecule has 4 nitrogen and oxygen atoms in total. The molecule has 1 amide bonds. The number of nitrogens with zero attached hydrogens (tertiary/aromatic N) is 2. The minimum Gasteiger partial charge on any atom is -0.341 e. The summed E-state index contributed by atoms with van der Waals surface area (Å²) in [7, 11) is 0. The molecule has 0 radical (unpaired) electrons. The summed E-state index contributed by atoms with van der Waals surface area (Å²) in [5.41, 5.74) is 0. The second kappa shape index (κ2) is 8.08. The van der Waals surface area contributed by atoms with E-state index >= 15 is 0 Å². The molecule has 0 aromatic carbocycles. The van der Waals surface area contributed by atoms with Gasteiger partial charge in [0.25, 0.3) is 0 Å². The van der Waals surface area contributed by atoms with Crippen molar-refractivity contribution in [3.63, 3.8) is 0 Å². The van der Waals surface area contributed by atoms with Crippen LogP contribution >= 0.6 is 12.4 Å². The van der Waals surface area contributed by atoms with Crippen LogP contribution < -0.4 is 5.32 Å². The zero-order chi connectivity index (χ0) is 13.0. The Labute approximate surface area is 123 Å². The summed E-state index contributed by atoms with van der Waals surface area (Å²) in [6, 6.07) is 0.109. The molecule has 2 heterocycles. The fraction of sp³-hybridized carbons (Fsp3) is 0.929. The highest BCUT2D eigenvalue weighted by Gasteiger charge is 2.32. The highest BCUT2D eigenvalue weighted by molar-refractivity contribution is 5.85. The molecule has 2 aliphatic heterocycles. The monoisotopic (exact) mass is 289 g/mol. The number of hydrogen-bond donors (Lipinski definition) is 1. The molecule has 2 saturated heterocycles. The summed E-state index contributed by atoms with van der Waals surface area (Å²) in [5.74, 6) is 1.02. The summed E-state index contributed by atoms with van der Waals surface area (Å²) in [5, 5.41) is 3.31. The number of carbonyl (C=O) groups excluding carboxylic acids is 1. The quantitative estimate of drug-likeness (QED) is 0.830. The maximum Gasteiger partial charge on any atom is 0.239 e. The van der Waals surface area contributed by atoms with Crippen LogP contribution in [-0.4, -0.2) is 61.0 Å². The Hall–Kier alpha value is -0.320. The van der Waals surface area contributed by atoms with E-state index in [1.165, 1.54) is 6.42 Å². The zero-order valence-corrected chi connectivity index (χ0v) is 13.0. The van der Waals surface area contributed by atoms with Crippen molar-refractivity contribution in [2.45, 2.75) is 39.2 Å². The average molecular weight is 290 g/mol. The molecule has 0 saturated carbocycles. The number of hydrogen-bond acceptors (Lipinski definition) is 3. The van der Waals surface area contributed by atoms with Crippen molar-refractivity contribution < 1.29 is 4.79 Å². The minimum atomic E-state index is 0. The normalized spacial score (nSPS) is 26.8. The summed E-state index contributed by atoms with van der Waals surface area (Å²) in [6.45, 7) is 10.7. The van der Waals surface area contributed by atoms with Gasteiger partial charge in [0.1, 0.15) is 0 Å². The maximum absolute atomic E-state index is 12.3. The maximum atomic E-state index is 12.3. The first kappa shape index (κ1) is 16.7. The standard InChI is InChI=1S/C14H27N3O.ClH/c1-3-16(4-2)10-12-7-9-17(11-12)14(18)13-6-5-8-15-13;/h12-13,15H,3-11H2,1-2H3;1H/t12?,13-;/m0./s1. The van der Waals surface area contributed by atoms with Gasteiger partial charge in [0.2, 0.25) is 5.91 Å². The SMILES string of the molecule is CCN(CC)CC1CCN(C(=O)[C@@H]2CCCN2)C1.Cl. The number of amides is 1. The van der Waals surface area contributed by atoms with Crippen LogP contribution in [0.1, 0.15) is 33.1 Å². The Bertz CT molecular complexity index is 278. The molecule has 2 atom stereocenters. The molecule has 19 heavy (non-hydrogen) atoms. The van der Waals surface area contributed by atoms with E-state index in [1.807, 2.05) is 0 Å². The lowest BCUT2D eigenvalue weighted by Crippen LogP contribution is -2.43. The topological polar surface area (TPSA) is 35.6 Å². The molecule has 2 fully saturated rings. The molecule has 0 aromatic heterocycles. The second-order valence-electron chi connectivity index (χ2n) is 5.57. The van der Waals surface area contributed by atoms with Gasteiger partial charge in [0.05, 0.1) is 6.04 Å². The lowest BCUT2D eigenvalue weighted by molar-refractivity contribution is -0.132. The highest BCUT2D eigenvalue weighted by Crippen LogP contribution is 2.20. The Morgan fingerprint density at radius 1 is 1.32 bits per heavy atom. The molecule has 1 N–H and O–H groups in total. The van der Waals surface area contributed by atoms with E-state index < -0.39 is 0 Å². The molecular formula is C14H28ClN3O. The fourth-order valence-electron chi connectivity index (χ4n) is 3.14. The van der Waals surface area contributed by atoms with Crippen molar-refractivity contribution in [3.8, 4) is 0 Å². The van der Waals surface area contributed by atoms with Gasteiger partial charge in [0.15, 0.2) is 0 Å². The lowest BCUT2D eigenvalue weighted by atomic mass is 10.1. The summed E-state index contributed by atoms with van der Waals surface area (Å²) < 4.78 is 0. The first-order chi connectivity index (χ1) is 8.74. The van der Waals surface area contributed by atoms with Crippen molar-refractivity contribution in [2.75, 3.05) is 39.3 Å². The highest BCUT2D eigenvalue weighted by atomic mass is 35.5. The average Bonchev–Trinajstić information content (AvgIpc) is 3.06. The Balaban J connectivity index is 0.00000180. The van der Waals surface area contributed by atoms with Gasteiger partial charge in [-0.2, -0.15) is 0 Å². The third-order valence-corrected chi connectivity index (χ3v) is 4.37. The van der Waals surface area contributed by atoms with Gasteiger partial charge < -0.3 is 15.1 Å². The van der Waals surface area contributed by atoms with Crippen molar-refractivity contribution in [1.82, 2.24) is 15.1 Å². The molecule has 112 valence electrons. The van der Waals surface area contributed by atoms with Crippen LogP contribution in [-0.2, 0) is 4.79 Å². The molecule has 0 bridgehead atoms. The van der Waals surface area contributed by atoms with E-state index in [-0.39, 0.29) is 18.4 Å². The summed E-state index contributed by atoms with van der Waals surface area (Å²) in [4.78, 5) is 16.8. The van der Waals surface area contributed by atoms with E-state index in [9.17, 15) is 4.79 Å². The molecule has 2 aliphatic rings. The number of rotatable bonds is 5. The largest absolute Gasteiger partial charge is 0.341 e. The number of halogens is 1. The van der Waals surface area contributed by atoms with E-state index in [0.29, 0.717) is 11.8 Å². The predicted octanol–water partition coefficient (Wildman–Crippen LogP) is 1.35. The minimum absolute atomic E-state index is 0. The molecule has 2 rings (SSSR count). The van der Waals surface area contributed by atoms with Crippen LogP contribution in [0.5, 0.6) is 0 Å². The van der Waals surface area contributed by atoms with Crippen molar-refractivity contribution in [1.29, 1.82) is 0 Å². The Morgan fingerprint density at radius 2 is 2.05 bits per heavy atom. The van der Waals surface area contributed by atoms with Gasteiger partial charge in [-0.15, -0.1) is 12.4 Å². The van der Waals surface area contributed by atoms with E-state index in [0.717, 1.165) is 52.1 Å². The smallest absolute Gasteiger partial charge is 0.239 e. The first-order valence-electron chi connectivity index (χ1n) is 7.49. The van der Waals surface area contributed by atoms with Crippen molar-refractivity contribution >= 4 is 18.3 Å². The van der Waals surface area contributed by atoms with Gasteiger partial charge >= 0.3 is 0 Å². The third-order valence-electron chi connectivity index (χ3n) is 4.37. The lowest BCUT2D eigenvalue weighted by Gasteiger charge is -2.24. The Morgan fingerprint density at radius 3 is 2.63 bits per heavy atom. The molecule has 5 heteroatoms. The van der Waals surface area contributed by atoms with Gasteiger partial charge in [-0.25, -0.2) is 0 Å². The zero-order valence-electron chi connectivity index (χ0n) is 12.2. The van der Waals surface area contributed by atoms with E-state index in [4.69, 9.17) is 0 Å². The van der Waals surface area contributed by atoms with Crippen LogP contribution in [0.15, 0.2) is 0 Å². The molecule has 0 aromatic rings. The fourth-order valence-corrected chi connectivity index (χ4v) is 3.14. The predicted molar refractivity (Wildman–Crippen MR) is 80.7 cm³/mol. The number of carbonyl (C=O) groups is 1. The molecule has 0 aliphatic carbocycles. The van der Waals surface area contributed by atoms with Gasteiger partial charge in [-0.1, -0.05) is 13.8 Å². The molecule has 1 unspecified atom stereocenters. The summed E-state index contributed by atoms with van der Waals surface area (Å²) in [6.07, 6.45) is 3.35. The Kier molecular flexibility index (Phi) is 7.11. The van der Waals surface area contributed by atoms with Crippen LogP contribution in [0.2, 0.25) is 0 Å². The van der Waals surface area contributed by atoms with Gasteiger partial charge in [-0.3, -0.25) is 4.79 Å². The molecule has 0 spiro atoms. The number of nitrogens with one attached hydrogen (secondary N) is 1.